The van der Waals surface area contributed by atoms with Crippen LogP contribution >= 0.6 is 0 Å². The average molecular weight is 303 g/mol. The van der Waals surface area contributed by atoms with Crippen molar-refractivity contribution < 1.29 is 9.53 Å². The lowest BCUT2D eigenvalue weighted by Gasteiger charge is -2.22. The predicted molar refractivity (Wildman–Crippen MR) is 85.8 cm³/mol. The second-order valence-electron chi connectivity index (χ2n) is 5.19. The van der Waals surface area contributed by atoms with E-state index in [9.17, 15) is 4.79 Å². The first kappa shape index (κ1) is 15.8. The largest absolute Gasteiger partial charge is 0.459 e. The minimum atomic E-state index is -0.399. The van der Waals surface area contributed by atoms with E-state index in [1.54, 1.807) is 24.3 Å². The van der Waals surface area contributed by atoms with E-state index >= 15 is 0 Å². The molecule has 0 bridgehead atoms. The molecule has 2 rings (SSSR count). The van der Waals surface area contributed by atoms with Crippen LogP contribution in [0.3, 0.4) is 0 Å². The molecule has 0 aliphatic heterocycles. The van der Waals surface area contributed by atoms with E-state index in [-0.39, 0.29) is 18.0 Å². The summed E-state index contributed by atoms with van der Waals surface area (Å²) in [5.41, 5.74) is 16.8. The molecule has 7 nitrogen and oxygen atoms in total. The number of hydrogen-bond acceptors (Lipinski definition) is 3. The summed E-state index contributed by atoms with van der Waals surface area (Å²) in [5.74, 6) is -0.704. The summed E-state index contributed by atoms with van der Waals surface area (Å²) in [7, 11) is 0. The standard InChI is InChI=1S/C15H21N5O2/c16-14(17)20-15(18)19-12-9-5-4-8-11(12)13(21)22-10-6-2-1-3-7-10/h4-5,8-10H,1-3,6-7H2,(H6,16,17,18,19,20). The van der Waals surface area contributed by atoms with Gasteiger partial charge < -0.3 is 21.9 Å². The smallest absolute Gasteiger partial charge is 0.340 e. The molecule has 1 saturated carbocycles. The van der Waals surface area contributed by atoms with Gasteiger partial charge in [0.25, 0.3) is 0 Å². The molecule has 0 unspecified atom stereocenters. The van der Waals surface area contributed by atoms with E-state index in [1.807, 2.05) is 0 Å². The van der Waals surface area contributed by atoms with Crippen molar-refractivity contribution in [2.75, 3.05) is 0 Å². The fourth-order valence-electron chi connectivity index (χ4n) is 2.42. The third kappa shape index (κ3) is 4.47. The maximum Gasteiger partial charge on any atom is 0.340 e. The summed E-state index contributed by atoms with van der Waals surface area (Å²) in [6, 6.07) is 6.80. The Hall–Kier alpha value is -2.57. The number of rotatable bonds is 3. The average Bonchev–Trinajstić information content (AvgIpc) is 2.47. The van der Waals surface area contributed by atoms with E-state index in [2.05, 4.69) is 9.98 Å². The van der Waals surface area contributed by atoms with Crippen LogP contribution in [-0.4, -0.2) is 24.0 Å². The van der Waals surface area contributed by atoms with Crippen LogP contribution < -0.4 is 17.2 Å². The number of benzene rings is 1. The SMILES string of the molecule is NC(N)=NC(N)=Nc1ccccc1C(=O)OC1CCCCC1. The molecule has 7 heteroatoms. The first-order valence-electron chi connectivity index (χ1n) is 7.30. The molecule has 0 heterocycles. The van der Waals surface area contributed by atoms with Gasteiger partial charge >= 0.3 is 5.97 Å². The van der Waals surface area contributed by atoms with Gasteiger partial charge in [-0.25, -0.2) is 9.79 Å². The van der Waals surface area contributed by atoms with Crippen LogP contribution in [-0.2, 0) is 4.74 Å². The Balaban J connectivity index is 2.16. The zero-order valence-corrected chi connectivity index (χ0v) is 12.4. The van der Waals surface area contributed by atoms with Crippen molar-refractivity contribution >= 4 is 23.6 Å². The highest BCUT2D eigenvalue weighted by molar-refractivity contribution is 5.98. The highest BCUT2D eigenvalue weighted by atomic mass is 16.5. The van der Waals surface area contributed by atoms with Crippen molar-refractivity contribution in [1.29, 1.82) is 0 Å². The Morgan fingerprint density at radius 3 is 2.45 bits per heavy atom. The van der Waals surface area contributed by atoms with Crippen LogP contribution in [0.2, 0.25) is 0 Å². The van der Waals surface area contributed by atoms with Crippen molar-refractivity contribution in [2.45, 2.75) is 38.2 Å². The number of esters is 1. The summed E-state index contributed by atoms with van der Waals surface area (Å²) >= 11 is 0. The van der Waals surface area contributed by atoms with Gasteiger partial charge in [0.2, 0.25) is 5.96 Å². The number of hydrogen-bond donors (Lipinski definition) is 3. The van der Waals surface area contributed by atoms with Crippen molar-refractivity contribution in [3.63, 3.8) is 0 Å². The molecule has 1 aromatic carbocycles. The summed E-state index contributed by atoms with van der Waals surface area (Å²) in [6.45, 7) is 0. The molecule has 0 amide bonds. The van der Waals surface area contributed by atoms with E-state index in [0.29, 0.717) is 11.3 Å². The number of carbonyl (C=O) groups excluding carboxylic acids is 1. The zero-order valence-electron chi connectivity index (χ0n) is 12.4. The third-order valence-electron chi connectivity index (χ3n) is 3.43. The lowest BCUT2D eigenvalue weighted by Crippen LogP contribution is -2.26. The number of carbonyl (C=O) groups is 1. The number of guanidine groups is 2. The summed E-state index contributed by atoms with van der Waals surface area (Å²) in [5, 5.41) is 0. The molecule has 1 aromatic rings. The summed E-state index contributed by atoms with van der Waals surface area (Å²) < 4.78 is 5.55. The van der Waals surface area contributed by atoms with Gasteiger partial charge in [0.1, 0.15) is 6.10 Å². The zero-order chi connectivity index (χ0) is 15.9. The molecule has 0 atom stereocenters. The van der Waals surface area contributed by atoms with Gasteiger partial charge in [0, 0.05) is 0 Å². The lowest BCUT2D eigenvalue weighted by molar-refractivity contribution is 0.0212. The van der Waals surface area contributed by atoms with Gasteiger partial charge in [-0.05, 0) is 37.8 Å². The first-order valence-corrected chi connectivity index (χ1v) is 7.30. The van der Waals surface area contributed by atoms with Crippen molar-refractivity contribution in [3.8, 4) is 0 Å². The van der Waals surface area contributed by atoms with Crippen molar-refractivity contribution in [3.05, 3.63) is 29.8 Å². The van der Waals surface area contributed by atoms with E-state index < -0.39 is 5.97 Å². The van der Waals surface area contributed by atoms with Crippen LogP contribution in [0.4, 0.5) is 5.69 Å². The second kappa shape index (κ2) is 7.44. The van der Waals surface area contributed by atoms with Gasteiger partial charge in [-0.3, -0.25) is 0 Å². The molecular weight excluding hydrogens is 282 g/mol. The van der Waals surface area contributed by atoms with Crippen LogP contribution in [0.15, 0.2) is 34.3 Å². The molecule has 1 aliphatic rings. The number of para-hydroxylation sites is 1. The summed E-state index contributed by atoms with van der Waals surface area (Å²) in [6.07, 6.45) is 5.18. The molecule has 0 spiro atoms. The third-order valence-corrected chi connectivity index (χ3v) is 3.43. The van der Waals surface area contributed by atoms with Gasteiger partial charge in [-0.15, -0.1) is 0 Å². The minimum Gasteiger partial charge on any atom is -0.459 e. The maximum atomic E-state index is 12.3. The first-order chi connectivity index (χ1) is 10.6. The van der Waals surface area contributed by atoms with E-state index in [1.165, 1.54) is 6.42 Å². The highest BCUT2D eigenvalue weighted by Gasteiger charge is 2.20. The highest BCUT2D eigenvalue weighted by Crippen LogP contribution is 2.24. The fraction of sp³-hybridized carbons (Fsp3) is 0.400. The lowest BCUT2D eigenvalue weighted by atomic mass is 9.98. The van der Waals surface area contributed by atoms with Crippen molar-refractivity contribution in [1.82, 2.24) is 0 Å². The van der Waals surface area contributed by atoms with Gasteiger partial charge in [0.05, 0.1) is 11.3 Å². The molecule has 1 aliphatic carbocycles. The molecule has 1 fully saturated rings. The van der Waals surface area contributed by atoms with Crippen molar-refractivity contribution in [2.24, 2.45) is 27.2 Å². The van der Waals surface area contributed by atoms with Gasteiger partial charge in [-0.1, -0.05) is 18.6 Å². The molecular formula is C15H21N5O2. The quantitative estimate of drug-likeness (QED) is 0.441. The minimum absolute atomic E-state index is 0.0201. The van der Waals surface area contributed by atoms with E-state index in [4.69, 9.17) is 21.9 Å². The van der Waals surface area contributed by atoms with E-state index in [0.717, 1.165) is 25.7 Å². The Bertz CT molecular complexity index is 587. The Labute approximate surface area is 129 Å². The Kier molecular flexibility index (Phi) is 5.35. The molecule has 0 aromatic heterocycles. The number of aliphatic imine (C=N–C) groups is 2. The molecule has 6 N–H and O–H groups in total. The van der Waals surface area contributed by atoms with Crippen LogP contribution in [0.25, 0.3) is 0 Å². The van der Waals surface area contributed by atoms with Gasteiger partial charge in [-0.2, -0.15) is 4.99 Å². The molecule has 22 heavy (non-hydrogen) atoms. The molecule has 0 saturated heterocycles. The maximum absolute atomic E-state index is 12.3. The number of nitrogens with two attached hydrogens (primary N) is 3. The second-order valence-corrected chi connectivity index (χ2v) is 5.19. The number of ether oxygens (including phenoxy) is 1. The number of nitrogens with zero attached hydrogens (tertiary/aromatic N) is 2. The fourth-order valence-corrected chi connectivity index (χ4v) is 2.42. The van der Waals surface area contributed by atoms with Crippen LogP contribution in [0.1, 0.15) is 42.5 Å². The Morgan fingerprint density at radius 1 is 1.09 bits per heavy atom. The molecule has 118 valence electrons. The molecule has 0 radical (unpaired) electrons. The summed E-state index contributed by atoms with van der Waals surface area (Å²) in [4.78, 5) is 20.0. The van der Waals surface area contributed by atoms with Crippen LogP contribution in [0.5, 0.6) is 0 Å². The monoisotopic (exact) mass is 303 g/mol. The normalized spacial score (nSPS) is 16.1. The topological polar surface area (TPSA) is 129 Å². The van der Waals surface area contributed by atoms with Crippen LogP contribution in [0, 0.1) is 0 Å². The van der Waals surface area contributed by atoms with Gasteiger partial charge in [0.15, 0.2) is 5.96 Å². The predicted octanol–water partition coefficient (Wildman–Crippen LogP) is 1.40. The Morgan fingerprint density at radius 2 is 1.77 bits per heavy atom.